The van der Waals surface area contributed by atoms with Gasteiger partial charge in [0.25, 0.3) is 0 Å². The smallest absolute Gasteiger partial charge is 0.162 e. The minimum absolute atomic E-state index is 0.229. The lowest BCUT2D eigenvalue weighted by atomic mass is 9.99. The van der Waals surface area contributed by atoms with E-state index in [2.05, 4.69) is 44.5 Å². The average molecular weight is 483 g/mol. The molecule has 0 spiro atoms. The molecule has 2 aromatic carbocycles. The van der Waals surface area contributed by atoms with Crippen molar-refractivity contribution in [3.63, 3.8) is 0 Å². The van der Waals surface area contributed by atoms with Crippen molar-refractivity contribution < 1.29 is 9.53 Å². The predicted molar refractivity (Wildman–Crippen MR) is 129 cm³/mol. The molecule has 0 radical (unpaired) electrons. The van der Waals surface area contributed by atoms with Gasteiger partial charge in [0, 0.05) is 35.4 Å². The summed E-state index contributed by atoms with van der Waals surface area (Å²) in [5.41, 5.74) is 3.04. The molecule has 0 saturated carbocycles. The topological polar surface area (TPSA) is 44.1 Å². The molecule has 164 valence electrons. The lowest BCUT2D eigenvalue weighted by Crippen LogP contribution is -2.04. The molecule has 0 atom stereocenters. The van der Waals surface area contributed by atoms with Gasteiger partial charge in [-0.25, -0.2) is 4.98 Å². The number of halogens is 1. The Balaban J connectivity index is 1.65. The quantitative estimate of drug-likeness (QED) is 0.194. The maximum absolute atomic E-state index is 12.6. The fraction of sp³-hybridized carbons (Fsp3) is 0.385. The second-order valence-corrected chi connectivity index (χ2v) is 8.79. The Kier molecular flexibility index (Phi) is 9.35. The molecule has 0 aliphatic heterocycles. The Morgan fingerprint density at radius 2 is 1.90 bits per heavy atom. The number of benzene rings is 2. The Bertz CT molecular complexity index is 937. The molecule has 1 aromatic heterocycles. The highest BCUT2D eigenvalue weighted by atomic mass is 79.9. The van der Waals surface area contributed by atoms with E-state index in [1.807, 2.05) is 49.1 Å². The fourth-order valence-electron chi connectivity index (χ4n) is 3.54. The van der Waals surface area contributed by atoms with Crippen molar-refractivity contribution in [2.24, 2.45) is 0 Å². The van der Waals surface area contributed by atoms with Crippen molar-refractivity contribution in [1.29, 1.82) is 0 Å². The summed E-state index contributed by atoms with van der Waals surface area (Å²) in [4.78, 5) is 16.7. The Hall–Kier alpha value is -2.40. The molecular weight excluding hydrogens is 452 g/mol. The van der Waals surface area contributed by atoms with Gasteiger partial charge in [-0.15, -0.1) is 0 Å². The monoisotopic (exact) mass is 482 g/mol. The van der Waals surface area contributed by atoms with Gasteiger partial charge in [0.1, 0.15) is 12.4 Å². The second-order valence-electron chi connectivity index (χ2n) is 7.88. The van der Waals surface area contributed by atoms with Crippen LogP contribution >= 0.6 is 15.9 Å². The van der Waals surface area contributed by atoms with Gasteiger partial charge in [-0.2, -0.15) is 0 Å². The number of ether oxygens (including phenoxy) is 1. The van der Waals surface area contributed by atoms with Gasteiger partial charge in [0.2, 0.25) is 0 Å². The highest BCUT2D eigenvalue weighted by Crippen LogP contribution is 2.25. The molecule has 3 aromatic rings. The maximum Gasteiger partial charge on any atom is 0.162 e. The number of aryl methyl sites for hydroxylation is 2. The van der Waals surface area contributed by atoms with E-state index in [1.54, 1.807) is 0 Å². The van der Waals surface area contributed by atoms with Gasteiger partial charge >= 0.3 is 0 Å². The van der Waals surface area contributed by atoms with Gasteiger partial charge in [-0.05, 0) is 67.1 Å². The first-order valence-electron chi connectivity index (χ1n) is 11.1. The molecule has 0 unspecified atom stereocenters. The number of Topliss-reactive ketones (excluding diaryl/α,β-unsaturated/α-hetero) is 1. The fourth-order valence-corrected chi connectivity index (χ4v) is 3.80. The van der Waals surface area contributed by atoms with E-state index < -0.39 is 0 Å². The normalized spacial score (nSPS) is 10.9. The lowest BCUT2D eigenvalue weighted by molar-refractivity contribution is 0.0979. The number of nitrogens with zero attached hydrogens (tertiary/aromatic N) is 2. The number of rotatable bonds is 13. The highest BCUT2D eigenvalue weighted by Gasteiger charge is 2.11. The summed E-state index contributed by atoms with van der Waals surface area (Å²) < 4.78 is 9.31. The molecule has 0 amide bonds. The molecule has 0 N–H and O–H groups in total. The number of aromatic nitrogens is 2. The minimum Gasteiger partial charge on any atom is -0.489 e. The van der Waals surface area contributed by atoms with Crippen LogP contribution in [0.5, 0.6) is 5.75 Å². The van der Waals surface area contributed by atoms with Crippen LogP contribution in [0.3, 0.4) is 0 Å². The van der Waals surface area contributed by atoms with Crippen molar-refractivity contribution >= 4 is 21.7 Å². The summed E-state index contributed by atoms with van der Waals surface area (Å²) in [6.07, 6.45) is 12.4. The average Bonchev–Trinajstić information content (AvgIpc) is 3.30. The zero-order valence-corrected chi connectivity index (χ0v) is 19.8. The first-order chi connectivity index (χ1) is 15.2. The van der Waals surface area contributed by atoms with E-state index in [-0.39, 0.29) is 5.78 Å². The molecule has 4 nitrogen and oxygen atoms in total. The van der Waals surface area contributed by atoms with Crippen LogP contribution in [0.1, 0.15) is 66.9 Å². The third-order valence-corrected chi connectivity index (χ3v) is 5.90. The van der Waals surface area contributed by atoms with E-state index in [0.29, 0.717) is 13.0 Å². The molecule has 0 fully saturated rings. The van der Waals surface area contributed by atoms with E-state index in [0.717, 1.165) is 72.0 Å². The standard InChI is InChI=1S/C26H31BrN2O2/c1-2-3-4-8-25(30)22-11-14-26(31-19-21-9-12-24(27)13-10-21)23(18-22)7-5-6-16-29-17-15-28-20-29/h9-15,17-18,20H,2-8,16,19H2,1H3. The van der Waals surface area contributed by atoms with Crippen LogP contribution in [0.25, 0.3) is 0 Å². The number of carbonyl (C=O) groups excluding carboxylic acids is 1. The summed E-state index contributed by atoms with van der Waals surface area (Å²) in [5, 5.41) is 0. The van der Waals surface area contributed by atoms with Crippen molar-refractivity contribution in [1.82, 2.24) is 9.55 Å². The van der Waals surface area contributed by atoms with E-state index >= 15 is 0 Å². The van der Waals surface area contributed by atoms with Gasteiger partial charge in [-0.3, -0.25) is 4.79 Å². The van der Waals surface area contributed by atoms with Crippen molar-refractivity contribution in [3.8, 4) is 5.75 Å². The molecule has 5 heteroatoms. The summed E-state index contributed by atoms with van der Waals surface area (Å²) in [6, 6.07) is 14.1. The van der Waals surface area contributed by atoms with Crippen LogP contribution in [-0.4, -0.2) is 15.3 Å². The van der Waals surface area contributed by atoms with E-state index in [4.69, 9.17) is 4.74 Å². The van der Waals surface area contributed by atoms with Crippen molar-refractivity contribution in [2.45, 2.75) is 65.0 Å². The largest absolute Gasteiger partial charge is 0.489 e. The van der Waals surface area contributed by atoms with Crippen LogP contribution in [0.4, 0.5) is 0 Å². The number of unbranched alkanes of at least 4 members (excludes halogenated alkanes) is 3. The van der Waals surface area contributed by atoms with E-state index in [9.17, 15) is 4.79 Å². The van der Waals surface area contributed by atoms with Gasteiger partial charge in [0.15, 0.2) is 5.78 Å². The van der Waals surface area contributed by atoms with Crippen molar-refractivity contribution in [2.75, 3.05) is 0 Å². The number of imidazole rings is 1. The Labute approximate surface area is 193 Å². The summed E-state index contributed by atoms with van der Waals surface area (Å²) in [7, 11) is 0. The molecule has 0 bridgehead atoms. The summed E-state index contributed by atoms with van der Waals surface area (Å²) >= 11 is 3.47. The third kappa shape index (κ3) is 7.66. The van der Waals surface area contributed by atoms with Crippen LogP contribution in [0, 0.1) is 0 Å². The molecule has 31 heavy (non-hydrogen) atoms. The highest BCUT2D eigenvalue weighted by molar-refractivity contribution is 9.10. The number of hydrogen-bond acceptors (Lipinski definition) is 3. The first-order valence-corrected chi connectivity index (χ1v) is 11.9. The summed E-state index contributed by atoms with van der Waals surface area (Å²) in [5.74, 6) is 1.10. The van der Waals surface area contributed by atoms with Crippen LogP contribution in [0.15, 0.2) is 65.7 Å². The zero-order valence-electron chi connectivity index (χ0n) is 18.2. The zero-order chi connectivity index (χ0) is 21.9. The number of hydrogen-bond donors (Lipinski definition) is 0. The number of carbonyl (C=O) groups is 1. The Morgan fingerprint density at radius 1 is 1.06 bits per heavy atom. The molecule has 3 rings (SSSR count). The van der Waals surface area contributed by atoms with Crippen LogP contribution < -0.4 is 4.74 Å². The van der Waals surface area contributed by atoms with Crippen LogP contribution in [-0.2, 0) is 19.6 Å². The van der Waals surface area contributed by atoms with Gasteiger partial charge in [0.05, 0.1) is 6.33 Å². The Morgan fingerprint density at radius 3 is 2.65 bits per heavy atom. The summed E-state index contributed by atoms with van der Waals surface area (Å²) in [6.45, 7) is 3.62. The first kappa shape index (κ1) is 23.3. The molecule has 0 aliphatic rings. The molecule has 0 saturated heterocycles. The number of ketones is 1. The minimum atomic E-state index is 0.229. The van der Waals surface area contributed by atoms with Crippen LogP contribution in [0.2, 0.25) is 0 Å². The lowest BCUT2D eigenvalue weighted by Gasteiger charge is -2.14. The SMILES string of the molecule is CCCCCC(=O)c1ccc(OCc2ccc(Br)cc2)c(CCCCn2ccnc2)c1. The van der Waals surface area contributed by atoms with E-state index in [1.165, 1.54) is 0 Å². The second kappa shape index (κ2) is 12.5. The third-order valence-electron chi connectivity index (χ3n) is 5.37. The molecule has 0 aliphatic carbocycles. The predicted octanol–water partition coefficient (Wildman–Crippen LogP) is 7.01. The van der Waals surface area contributed by atoms with Crippen molar-refractivity contribution in [3.05, 3.63) is 82.3 Å². The maximum atomic E-state index is 12.6. The molecule has 1 heterocycles. The van der Waals surface area contributed by atoms with Gasteiger partial charge < -0.3 is 9.30 Å². The van der Waals surface area contributed by atoms with Gasteiger partial charge in [-0.1, -0.05) is 47.8 Å². The molecular formula is C26H31BrN2O2.